The average molecular weight is 339 g/mol. The maximum atomic E-state index is 9.34. The van der Waals surface area contributed by atoms with E-state index in [0.717, 1.165) is 21.8 Å². The Morgan fingerprint density at radius 3 is 2.88 bits per heavy atom. The summed E-state index contributed by atoms with van der Waals surface area (Å²) in [6, 6.07) is 2.52. The monoisotopic (exact) mass is 337 g/mol. The van der Waals surface area contributed by atoms with Crippen LogP contribution in [-0.4, -0.2) is 17.8 Å². The maximum absolute atomic E-state index is 9.34. The quantitative estimate of drug-likeness (QED) is 0.875. The van der Waals surface area contributed by atoms with Gasteiger partial charge < -0.3 is 10.4 Å². The molecule has 2 rings (SSSR count). The van der Waals surface area contributed by atoms with Crippen LogP contribution < -0.4 is 5.32 Å². The Morgan fingerprint density at radius 2 is 2.24 bits per heavy atom. The van der Waals surface area contributed by atoms with Crippen LogP contribution in [0.15, 0.2) is 10.5 Å². The molecule has 2 unspecified atom stereocenters. The summed E-state index contributed by atoms with van der Waals surface area (Å²) in [6.45, 7) is 1.14. The predicted molar refractivity (Wildman–Crippen MR) is 76.7 cm³/mol. The predicted octanol–water partition coefficient (Wildman–Crippen LogP) is 3.80. The first-order chi connectivity index (χ1) is 8.20. The lowest BCUT2D eigenvalue weighted by Gasteiger charge is -2.30. The molecule has 1 aliphatic rings. The van der Waals surface area contributed by atoms with Crippen LogP contribution >= 0.6 is 38.9 Å². The summed E-state index contributed by atoms with van der Waals surface area (Å²) in [6.07, 6.45) is 4.83. The van der Waals surface area contributed by atoms with Gasteiger partial charge in [-0.05, 0) is 40.8 Å². The standard InChI is InChI=1S/C12H17BrClNOS/c13-10-5-9(17-12(10)14)6-15-11-4-2-1-3-8(11)7-16/h5,8,11,15-16H,1-4,6-7H2. The number of hydrogen-bond donors (Lipinski definition) is 2. The van der Waals surface area contributed by atoms with Crippen molar-refractivity contribution >= 4 is 38.9 Å². The van der Waals surface area contributed by atoms with E-state index in [0.29, 0.717) is 18.6 Å². The third kappa shape index (κ3) is 3.67. The third-order valence-corrected chi connectivity index (χ3v) is 5.85. The average Bonchev–Trinajstić information content (AvgIpc) is 2.66. The highest BCUT2D eigenvalue weighted by Gasteiger charge is 2.23. The summed E-state index contributed by atoms with van der Waals surface area (Å²) in [5.74, 6) is 0.419. The second-order valence-electron chi connectivity index (χ2n) is 4.55. The fourth-order valence-electron chi connectivity index (χ4n) is 2.41. The van der Waals surface area contributed by atoms with Gasteiger partial charge in [-0.2, -0.15) is 0 Å². The first-order valence-electron chi connectivity index (χ1n) is 5.98. The Hall–Kier alpha value is 0.390. The molecule has 0 amide bonds. The summed E-state index contributed by atoms with van der Waals surface area (Å²) >= 11 is 11.0. The SMILES string of the molecule is OCC1CCCCC1NCc1cc(Br)c(Cl)s1. The molecule has 1 fully saturated rings. The van der Waals surface area contributed by atoms with Crippen molar-refractivity contribution in [1.82, 2.24) is 5.32 Å². The normalized spacial score (nSPS) is 25.1. The van der Waals surface area contributed by atoms with Crippen LogP contribution in [0.25, 0.3) is 0 Å². The van der Waals surface area contributed by atoms with Crippen molar-refractivity contribution in [1.29, 1.82) is 0 Å². The van der Waals surface area contributed by atoms with E-state index in [1.807, 2.05) is 0 Å². The largest absolute Gasteiger partial charge is 0.396 e. The van der Waals surface area contributed by atoms with Gasteiger partial charge in [0.05, 0.1) is 0 Å². The molecule has 2 nitrogen and oxygen atoms in total. The van der Waals surface area contributed by atoms with Crippen molar-refractivity contribution in [2.75, 3.05) is 6.61 Å². The van der Waals surface area contributed by atoms with Crippen molar-refractivity contribution in [2.45, 2.75) is 38.3 Å². The fraction of sp³-hybridized carbons (Fsp3) is 0.667. The van der Waals surface area contributed by atoms with Crippen LogP contribution in [-0.2, 0) is 6.54 Å². The number of aliphatic hydroxyl groups excluding tert-OH is 1. The van der Waals surface area contributed by atoms with Crippen LogP contribution in [0.4, 0.5) is 0 Å². The minimum Gasteiger partial charge on any atom is -0.396 e. The molecule has 2 N–H and O–H groups in total. The first kappa shape index (κ1) is 13.8. The third-order valence-electron chi connectivity index (χ3n) is 3.38. The lowest BCUT2D eigenvalue weighted by molar-refractivity contribution is 0.152. The fourth-order valence-corrected chi connectivity index (χ4v) is 4.15. The zero-order valence-corrected chi connectivity index (χ0v) is 12.7. The highest BCUT2D eigenvalue weighted by Crippen LogP contribution is 2.32. The Labute approximate surface area is 120 Å². The topological polar surface area (TPSA) is 32.3 Å². The minimum absolute atomic E-state index is 0.298. The molecular weight excluding hydrogens is 322 g/mol. The molecule has 0 saturated heterocycles. The lowest BCUT2D eigenvalue weighted by atomic mass is 9.85. The van der Waals surface area contributed by atoms with Gasteiger partial charge in [-0.1, -0.05) is 24.4 Å². The highest BCUT2D eigenvalue weighted by molar-refractivity contribution is 9.10. The van der Waals surface area contributed by atoms with Crippen molar-refractivity contribution in [2.24, 2.45) is 5.92 Å². The van der Waals surface area contributed by atoms with Gasteiger partial charge in [0.1, 0.15) is 4.34 Å². The van der Waals surface area contributed by atoms with Gasteiger partial charge in [0, 0.05) is 28.5 Å². The van der Waals surface area contributed by atoms with Crippen LogP contribution in [0.3, 0.4) is 0 Å². The second kappa shape index (κ2) is 6.53. The van der Waals surface area contributed by atoms with E-state index >= 15 is 0 Å². The van der Waals surface area contributed by atoms with Crippen molar-refractivity contribution in [3.8, 4) is 0 Å². The van der Waals surface area contributed by atoms with Gasteiger partial charge in [-0.3, -0.25) is 0 Å². The Balaban J connectivity index is 1.88. The van der Waals surface area contributed by atoms with Crippen molar-refractivity contribution in [3.05, 3.63) is 19.8 Å². The van der Waals surface area contributed by atoms with Crippen molar-refractivity contribution < 1.29 is 5.11 Å². The van der Waals surface area contributed by atoms with Gasteiger partial charge in [-0.25, -0.2) is 0 Å². The molecule has 1 heterocycles. The Morgan fingerprint density at radius 1 is 1.47 bits per heavy atom. The molecule has 1 aromatic rings. The Kier molecular flexibility index (Phi) is 5.30. The number of aliphatic hydroxyl groups is 1. The zero-order chi connectivity index (χ0) is 12.3. The van der Waals surface area contributed by atoms with E-state index < -0.39 is 0 Å². The number of rotatable bonds is 4. The Bertz CT molecular complexity index is 352. The summed E-state index contributed by atoms with van der Waals surface area (Å²) in [5.41, 5.74) is 0. The molecule has 0 spiro atoms. The van der Waals surface area contributed by atoms with Crippen molar-refractivity contribution in [3.63, 3.8) is 0 Å². The molecule has 0 bridgehead atoms. The van der Waals surface area contributed by atoms with E-state index in [2.05, 4.69) is 27.3 Å². The molecule has 2 atom stereocenters. The molecule has 96 valence electrons. The molecule has 0 aromatic carbocycles. The van der Waals surface area contributed by atoms with Crippen LogP contribution in [0.1, 0.15) is 30.6 Å². The van der Waals surface area contributed by atoms with E-state index in [1.165, 1.54) is 24.1 Å². The van der Waals surface area contributed by atoms with E-state index in [1.54, 1.807) is 11.3 Å². The molecule has 5 heteroatoms. The maximum Gasteiger partial charge on any atom is 0.107 e. The first-order valence-corrected chi connectivity index (χ1v) is 7.97. The summed E-state index contributed by atoms with van der Waals surface area (Å²) < 4.78 is 1.78. The smallest absolute Gasteiger partial charge is 0.107 e. The number of nitrogens with one attached hydrogen (secondary N) is 1. The minimum atomic E-state index is 0.298. The molecular formula is C12H17BrClNOS. The molecule has 1 aromatic heterocycles. The van der Waals surface area contributed by atoms with Crippen LogP contribution in [0, 0.1) is 5.92 Å². The molecule has 1 saturated carbocycles. The summed E-state index contributed by atoms with van der Waals surface area (Å²) in [5, 5.41) is 12.9. The summed E-state index contributed by atoms with van der Waals surface area (Å²) in [4.78, 5) is 1.24. The van der Waals surface area contributed by atoms with E-state index in [-0.39, 0.29) is 0 Å². The number of halogens is 2. The number of hydrogen-bond acceptors (Lipinski definition) is 3. The molecule has 0 radical (unpaired) electrons. The van der Waals surface area contributed by atoms with Gasteiger partial charge in [0.15, 0.2) is 0 Å². The van der Waals surface area contributed by atoms with Gasteiger partial charge in [-0.15, -0.1) is 11.3 Å². The van der Waals surface area contributed by atoms with Gasteiger partial charge in [0.2, 0.25) is 0 Å². The lowest BCUT2D eigenvalue weighted by Crippen LogP contribution is -2.39. The molecule has 0 aliphatic heterocycles. The van der Waals surface area contributed by atoms with Crippen LogP contribution in [0.2, 0.25) is 4.34 Å². The highest BCUT2D eigenvalue weighted by atomic mass is 79.9. The van der Waals surface area contributed by atoms with Crippen LogP contribution in [0.5, 0.6) is 0 Å². The van der Waals surface area contributed by atoms with E-state index in [4.69, 9.17) is 11.6 Å². The number of thiophene rings is 1. The second-order valence-corrected chi connectivity index (χ2v) is 7.14. The molecule has 1 aliphatic carbocycles. The van der Waals surface area contributed by atoms with Gasteiger partial charge >= 0.3 is 0 Å². The summed E-state index contributed by atoms with van der Waals surface area (Å²) in [7, 11) is 0. The zero-order valence-electron chi connectivity index (χ0n) is 9.59. The van der Waals surface area contributed by atoms with Gasteiger partial charge in [0.25, 0.3) is 0 Å². The molecule has 17 heavy (non-hydrogen) atoms. The van der Waals surface area contributed by atoms with E-state index in [9.17, 15) is 5.11 Å².